The van der Waals surface area contributed by atoms with Gasteiger partial charge in [0.1, 0.15) is 5.54 Å². The SMILES string of the molecule is CCC[C@@]1(C#N)C[C@H]2CCCN2[C@H]2CCCN21. The Hall–Kier alpha value is -0.590. The molecule has 3 heteroatoms. The lowest BCUT2D eigenvalue weighted by Crippen LogP contribution is -2.63. The van der Waals surface area contributed by atoms with E-state index in [0.717, 1.165) is 25.8 Å². The number of nitriles is 1. The molecule has 3 saturated heterocycles. The average molecular weight is 233 g/mol. The first kappa shape index (κ1) is 11.5. The van der Waals surface area contributed by atoms with Crippen molar-refractivity contribution in [2.45, 2.75) is 69.6 Å². The predicted octanol–water partition coefficient (Wildman–Crippen LogP) is 2.34. The number of fused-ring (bicyclic) bond motifs is 3. The lowest BCUT2D eigenvalue weighted by atomic mass is 9.83. The molecule has 0 aliphatic carbocycles. The lowest BCUT2D eigenvalue weighted by Gasteiger charge is -2.51. The Bertz CT molecular complexity index is 335. The van der Waals surface area contributed by atoms with Crippen LogP contribution in [0.3, 0.4) is 0 Å². The van der Waals surface area contributed by atoms with Gasteiger partial charge in [-0.3, -0.25) is 9.80 Å². The van der Waals surface area contributed by atoms with Gasteiger partial charge in [-0.05, 0) is 45.1 Å². The molecule has 0 amide bonds. The molecule has 0 bridgehead atoms. The minimum absolute atomic E-state index is 0.137. The number of nitrogens with zero attached hydrogens (tertiary/aromatic N) is 3. The highest BCUT2D eigenvalue weighted by molar-refractivity contribution is 5.16. The minimum Gasteiger partial charge on any atom is -0.285 e. The van der Waals surface area contributed by atoms with Crippen molar-refractivity contribution < 1.29 is 0 Å². The van der Waals surface area contributed by atoms with Crippen LogP contribution in [0.15, 0.2) is 0 Å². The number of hydrogen-bond donors (Lipinski definition) is 0. The summed E-state index contributed by atoms with van der Waals surface area (Å²) in [6, 6.07) is 3.40. The van der Waals surface area contributed by atoms with E-state index >= 15 is 0 Å². The standard InChI is InChI=1S/C14H23N3/c1-2-7-14(11-15)10-12-5-3-8-16(12)13-6-4-9-17(13)14/h12-13H,2-10H2,1H3/t12-,13-,14+/m1/s1. The first-order valence-corrected chi connectivity index (χ1v) is 7.24. The predicted molar refractivity (Wildman–Crippen MR) is 67.3 cm³/mol. The maximum atomic E-state index is 9.73. The third-order valence-corrected chi connectivity index (χ3v) is 5.02. The molecule has 3 atom stereocenters. The van der Waals surface area contributed by atoms with E-state index in [4.69, 9.17) is 0 Å². The summed E-state index contributed by atoms with van der Waals surface area (Å²) >= 11 is 0. The van der Waals surface area contributed by atoms with Crippen molar-refractivity contribution in [1.29, 1.82) is 5.26 Å². The summed E-state index contributed by atoms with van der Waals surface area (Å²) in [6.45, 7) is 4.62. The topological polar surface area (TPSA) is 30.3 Å². The van der Waals surface area contributed by atoms with E-state index < -0.39 is 0 Å². The molecule has 0 N–H and O–H groups in total. The first-order valence-electron chi connectivity index (χ1n) is 7.24. The maximum absolute atomic E-state index is 9.73. The summed E-state index contributed by atoms with van der Waals surface area (Å²) < 4.78 is 0. The van der Waals surface area contributed by atoms with Gasteiger partial charge in [0.25, 0.3) is 0 Å². The van der Waals surface area contributed by atoms with Gasteiger partial charge in [0.05, 0.1) is 12.2 Å². The zero-order valence-corrected chi connectivity index (χ0v) is 10.9. The van der Waals surface area contributed by atoms with Crippen LogP contribution < -0.4 is 0 Å². The van der Waals surface area contributed by atoms with Crippen molar-refractivity contribution in [3.63, 3.8) is 0 Å². The number of rotatable bonds is 2. The fourth-order valence-electron chi connectivity index (χ4n) is 4.39. The average Bonchev–Trinajstić information content (AvgIpc) is 2.96. The summed E-state index contributed by atoms with van der Waals surface area (Å²) in [5, 5.41) is 9.73. The van der Waals surface area contributed by atoms with Gasteiger partial charge < -0.3 is 0 Å². The van der Waals surface area contributed by atoms with Crippen molar-refractivity contribution in [2.24, 2.45) is 0 Å². The van der Waals surface area contributed by atoms with Gasteiger partial charge in [0.2, 0.25) is 0 Å². The smallest absolute Gasteiger partial charge is 0.111 e. The van der Waals surface area contributed by atoms with E-state index in [2.05, 4.69) is 22.8 Å². The van der Waals surface area contributed by atoms with Gasteiger partial charge in [-0.15, -0.1) is 0 Å². The molecule has 3 aliphatic heterocycles. The second-order valence-corrected chi connectivity index (χ2v) is 5.95. The van der Waals surface area contributed by atoms with E-state index in [1.807, 2.05) is 0 Å². The number of hydrogen-bond acceptors (Lipinski definition) is 3. The van der Waals surface area contributed by atoms with Crippen molar-refractivity contribution in [3.05, 3.63) is 0 Å². The molecule has 0 aromatic rings. The molecule has 17 heavy (non-hydrogen) atoms. The second-order valence-electron chi connectivity index (χ2n) is 5.95. The van der Waals surface area contributed by atoms with E-state index in [-0.39, 0.29) is 5.54 Å². The van der Waals surface area contributed by atoms with Crippen LogP contribution in [-0.2, 0) is 0 Å². The Morgan fingerprint density at radius 1 is 1.29 bits per heavy atom. The Kier molecular flexibility index (Phi) is 2.88. The van der Waals surface area contributed by atoms with Crippen LogP contribution >= 0.6 is 0 Å². The fraction of sp³-hybridized carbons (Fsp3) is 0.929. The van der Waals surface area contributed by atoms with E-state index in [1.165, 1.54) is 32.2 Å². The normalized spacial score (nSPS) is 42.1. The van der Waals surface area contributed by atoms with Crippen molar-refractivity contribution in [3.8, 4) is 6.07 Å². The van der Waals surface area contributed by atoms with Gasteiger partial charge in [-0.1, -0.05) is 13.3 Å². The van der Waals surface area contributed by atoms with Crippen LogP contribution in [0.2, 0.25) is 0 Å². The molecule has 3 fully saturated rings. The molecule has 0 aromatic carbocycles. The summed E-state index contributed by atoms with van der Waals surface area (Å²) in [4.78, 5) is 5.23. The van der Waals surface area contributed by atoms with Crippen LogP contribution in [0.4, 0.5) is 0 Å². The highest BCUT2D eigenvalue weighted by Gasteiger charge is 2.52. The molecule has 0 spiro atoms. The zero-order chi connectivity index (χ0) is 11.9. The molecule has 0 unspecified atom stereocenters. The van der Waals surface area contributed by atoms with Gasteiger partial charge in [-0.2, -0.15) is 5.26 Å². The molecule has 0 aromatic heterocycles. The second kappa shape index (κ2) is 4.26. The lowest BCUT2D eigenvalue weighted by molar-refractivity contribution is -0.0561. The van der Waals surface area contributed by atoms with Crippen LogP contribution in [0.5, 0.6) is 0 Å². The van der Waals surface area contributed by atoms with Crippen LogP contribution in [0.25, 0.3) is 0 Å². The summed E-state index contributed by atoms with van der Waals surface area (Å²) in [6.07, 6.45) is 9.08. The Morgan fingerprint density at radius 2 is 2.12 bits per heavy atom. The summed E-state index contributed by atoms with van der Waals surface area (Å²) in [7, 11) is 0. The van der Waals surface area contributed by atoms with Crippen LogP contribution in [0, 0.1) is 11.3 Å². The monoisotopic (exact) mass is 233 g/mol. The Balaban J connectivity index is 1.92. The Labute approximate surface area is 104 Å². The van der Waals surface area contributed by atoms with E-state index in [1.54, 1.807) is 0 Å². The molecule has 3 aliphatic rings. The largest absolute Gasteiger partial charge is 0.285 e. The Morgan fingerprint density at radius 3 is 2.88 bits per heavy atom. The molecular weight excluding hydrogens is 210 g/mol. The van der Waals surface area contributed by atoms with Gasteiger partial charge in [0.15, 0.2) is 0 Å². The van der Waals surface area contributed by atoms with Gasteiger partial charge in [-0.25, -0.2) is 0 Å². The summed E-state index contributed by atoms with van der Waals surface area (Å²) in [5.41, 5.74) is -0.137. The molecule has 3 nitrogen and oxygen atoms in total. The van der Waals surface area contributed by atoms with Gasteiger partial charge in [0, 0.05) is 12.6 Å². The van der Waals surface area contributed by atoms with Gasteiger partial charge >= 0.3 is 0 Å². The zero-order valence-electron chi connectivity index (χ0n) is 10.9. The van der Waals surface area contributed by atoms with E-state index in [0.29, 0.717) is 12.2 Å². The summed E-state index contributed by atoms with van der Waals surface area (Å²) in [5.74, 6) is 0. The first-order chi connectivity index (χ1) is 8.30. The third kappa shape index (κ3) is 1.62. The minimum atomic E-state index is -0.137. The van der Waals surface area contributed by atoms with Crippen molar-refractivity contribution in [2.75, 3.05) is 13.1 Å². The molecule has 0 saturated carbocycles. The molecule has 3 rings (SSSR count). The molecule has 0 radical (unpaired) electrons. The van der Waals surface area contributed by atoms with Crippen LogP contribution in [0.1, 0.15) is 51.9 Å². The molecule has 3 heterocycles. The van der Waals surface area contributed by atoms with E-state index in [9.17, 15) is 5.26 Å². The fourth-order valence-corrected chi connectivity index (χ4v) is 4.39. The van der Waals surface area contributed by atoms with Crippen molar-refractivity contribution in [1.82, 2.24) is 9.80 Å². The quantitative estimate of drug-likeness (QED) is 0.733. The maximum Gasteiger partial charge on any atom is 0.111 e. The highest BCUT2D eigenvalue weighted by Crippen LogP contribution is 2.44. The molecular formula is C14H23N3. The molecule has 94 valence electrons. The highest BCUT2D eigenvalue weighted by atomic mass is 15.4. The van der Waals surface area contributed by atoms with Crippen molar-refractivity contribution >= 4 is 0 Å². The van der Waals surface area contributed by atoms with Crippen LogP contribution in [-0.4, -0.2) is 40.6 Å². The third-order valence-electron chi connectivity index (χ3n) is 5.02.